The first-order chi connectivity index (χ1) is 16.3. The summed E-state index contributed by atoms with van der Waals surface area (Å²) in [6, 6.07) is 18.4. The maximum Gasteiger partial charge on any atom is 0.407 e. The first-order valence-corrected chi connectivity index (χ1v) is 12.2. The van der Waals surface area contributed by atoms with Crippen LogP contribution in [0.15, 0.2) is 54.6 Å². The molecule has 0 radical (unpaired) electrons. The summed E-state index contributed by atoms with van der Waals surface area (Å²) < 4.78 is 5.48. The molecule has 1 unspecified atom stereocenters. The number of nitrogens with one attached hydrogen (secondary N) is 1. The Hall–Kier alpha value is -3.22. The molecule has 2 heterocycles. The van der Waals surface area contributed by atoms with E-state index in [1.165, 1.54) is 12.0 Å². The Labute approximate surface area is 202 Å². The average Bonchev–Trinajstić information content (AvgIpc) is 3.10. The minimum atomic E-state index is -0.573. The number of ether oxygens (including phenoxy) is 1. The zero-order valence-corrected chi connectivity index (χ0v) is 20.5. The van der Waals surface area contributed by atoms with Crippen LogP contribution in [0.3, 0.4) is 0 Å². The van der Waals surface area contributed by atoms with Crippen molar-refractivity contribution in [1.82, 2.24) is 10.2 Å². The van der Waals surface area contributed by atoms with E-state index in [1.54, 1.807) is 0 Å². The van der Waals surface area contributed by atoms with Crippen molar-refractivity contribution in [3.63, 3.8) is 0 Å². The molecular weight excluding hydrogens is 428 g/mol. The highest BCUT2D eigenvalue weighted by Crippen LogP contribution is 2.40. The number of para-hydroxylation sites is 2. The van der Waals surface area contributed by atoms with Gasteiger partial charge in [-0.25, -0.2) is 4.79 Å². The van der Waals surface area contributed by atoms with Gasteiger partial charge >= 0.3 is 6.09 Å². The second kappa shape index (κ2) is 10.4. The van der Waals surface area contributed by atoms with E-state index in [0.29, 0.717) is 13.1 Å². The van der Waals surface area contributed by atoms with Gasteiger partial charge in [0.25, 0.3) is 0 Å². The van der Waals surface area contributed by atoms with Crippen molar-refractivity contribution in [2.24, 2.45) is 0 Å². The lowest BCUT2D eigenvalue weighted by Crippen LogP contribution is -2.54. The number of alkyl carbamates (subject to hydrolysis) is 1. The van der Waals surface area contributed by atoms with Crippen molar-refractivity contribution >= 4 is 23.4 Å². The number of rotatable bonds is 6. The molecule has 0 aliphatic carbocycles. The zero-order valence-electron chi connectivity index (χ0n) is 20.5. The molecule has 1 fully saturated rings. The van der Waals surface area contributed by atoms with E-state index in [4.69, 9.17) is 4.74 Å². The third-order valence-corrected chi connectivity index (χ3v) is 6.26. The molecule has 1 atom stereocenters. The second-order valence-electron chi connectivity index (χ2n) is 10.0. The lowest BCUT2D eigenvalue weighted by atomic mass is 10.1. The minimum absolute atomic E-state index is 0.137. The highest BCUT2D eigenvalue weighted by molar-refractivity contribution is 5.87. The Balaban J connectivity index is 1.59. The summed E-state index contributed by atoms with van der Waals surface area (Å²) >= 11 is 0. The molecule has 1 saturated heterocycles. The topological polar surface area (TPSA) is 65.1 Å². The summed E-state index contributed by atoms with van der Waals surface area (Å²) in [4.78, 5) is 32.1. The third kappa shape index (κ3) is 5.82. The third-order valence-electron chi connectivity index (χ3n) is 6.26. The highest BCUT2D eigenvalue weighted by atomic mass is 16.6. The molecule has 182 valence electrons. The maximum absolute atomic E-state index is 13.3. The van der Waals surface area contributed by atoms with Crippen LogP contribution in [0.4, 0.5) is 16.2 Å². The Morgan fingerprint density at radius 1 is 0.912 bits per heavy atom. The molecule has 2 aliphatic heterocycles. The number of hydrogen-bond acceptors (Lipinski definition) is 5. The van der Waals surface area contributed by atoms with Crippen molar-refractivity contribution in [2.75, 3.05) is 36.0 Å². The number of amides is 2. The van der Waals surface area contributed by atoms with E-state index in [1.807, 2.05) is 56.0 Å². The zero-order chi connectivity index (χ0) is 24.1. The molecular formula is C27H36N4O3. The lowest BCUT2D eigenvalue weighted by Gasteiger charge is -2.35. The Bertz CT molecular complexity index is 983. The number of piperidine rings is 1. The van der Waals surface area contributed by atoms with Crippen LogP contribution in [0.5, 0.6) is 0 Å². The molecule has 0 bridgehead atoms. The van der Waals surface area contributed by atoms with E-state index >= 15 is 0 Å². The van der Waals surface area contributed by atoms with Gasteiger partial charge in [0.2, 0.25) is 5.91 Å². The number of nitrogens with zero attached hydrogens (tertiary/aromatic N) is 3. The Morgan fingerprint density at radius 2 is 1.53 bits per heavy atom. The molecule has 7 nitrogen and oxygen atoms in total. The van der Waals surface area contributed by atoms with Crippen LogP contribution in [-0.2, 0) is 16.1 Å². The molecule has 2 aromatic carbocycles. The number of likely N-dealkylation sites (tertiary alicyclic amines) is 1. The molecule has 0 aromatic heterocycles. The normalized spacial score (nSPS) is 18.0. The number of benzene rings is 2. The molecule has 2 aromatic rings. The van der Waals surface area contributed by atoms with Gasteiger partial charge in [0.05, 0.1) is 24.5 Å². The van der Waals surface area contributed by atoms with Crippen molar-refractivity contribution in [3.8, 4) is 0 Å². The molecule has 34 heavy (non-hydrogen) atoms. The Morgan fingerprint density at radius 3 is 2.18 bits per heavy atom. The van der Waals surface area contributed by atoms with Gasteiger partial charge in [0.15, 0.2) is 0 Å². The fourth-order valence-electron chi connectivity index (χ4n) is 4.70. The SMILES string of the molecule is CC(C)(C)OC(=O)NCC1N(CC(=O)N2CCCCC2)c2ccccc2N1Cc1ccccc1. The molecule has 7 heteroatoms. The Kier molecular flexibility index (Phi) is 7.29. The maximum atomic E-state index is 13.3. The van der Waals surface area contributed by atoms with Crippen LogP contribution in [0.1, 0.15) is 45.6 Å². The van der Waals surface area contributed by atoms with Gasteiger partial charge in [-0.15, -0.1) is 0 Å². The summed E-state index contributed by atoms with van der Waals surface area (Å²) in [5.41, 5.74) is 2.67. The van der Waals surface area contributed by atoms with Crippen molar-refractivity contribution in [3.05, 3.63) is 60.2 Å². The fraction of sp³-hybridized carbons (Fsp3) is 0.481. The number of fused-ring (bicyclic) bond motifs is 1. The van der Waals surface area contributed by atoms with Gasteiger partial charge < -0.3 is 24.8 Å². The largest absolute Gasteiger partial charge is 0.444 e. The second-order valence-corrected chi connectivity index (χ2v) is 10.0. The van der Waals surface area contributed by atoms with E-state index < -0.39 is 11.7 Å². The molecule has 2 amide bonds. The summed E-state index contributed by atoms with van der Waals surface area (Å²) in [7, 11) is 0. The number of carbonyl (C=O) groups is 2. The molecule has 0 saturated carbocycles. The van der Waals surface area contributed by atoms with Crippen LogP contribution >= 0.6 is 0 Å². The number of anilines is 2. The quantitative estimate of drug-likeness (QED) is 0.688. The van der Waals surface area contributed by atoms with Crippen LogP contribution in [0.2, 0.25) is 0 Å². The van der Waals surface area contributed by atoms with Gasteiger partial charge in [-0.3, -0.25) is 4.79 Å². The van der Waals surface area contributed by atoms with E-state index in [2.05, 4.69) is 39.4 Å². The standard InChI is InChI=1S/C27H36N4O3/c1-27(2,3)34-26(33)28-18-24-30(19-21-12-6-4-7-13-21)22-14-8-9-15-23(22)31(24)20-25(32)29-16-10-5-11-17-29/h4,6-9,12-15,24H,5,10-11,16-20H2,1-3H3,(H,28,33). The summed E-state index contributed by atoms with van der Waals surface area (Å²) in [6.45, 7) is 8.49. The average molecular weight is 465 g/mol. The molecule has 0 spiro atoms. The first kappa shape index (κ1) is 23.9. The summed E-state index contributed by atoms with van der Waals surface area (Å²) in [5, 5.41) is 2.95. The molecule has 2 aliphatic rings. The monoisotopic (exact) mass is 464 g/mol. The first-order valence-electron chi connectivity index (χ1n) is 12.2. The van der Waals surface area contributed by atoms with Crippen molar-refractivity contribution in [1.29, 1.82) is 0 Å². The molecule has 4 rings (SSSR count). The van der Waals surface area contributed by atoms with E-state index in [-0.39, 0.29) is 18.6 Å². The highest BCUT2D eigenvalue weighted by Gasteiger charge is 2.38. The lowest BCUT2D eigenvalue weighted by molar-refractivity contribution is -0.130. The van der Waals surface area contributed by atoms with Crippen molar-refractivity contribution < 1.29 is 14.3 Å². The van der Waals surface area contributed by atoms with Crippen LogP contribution in [-0.4, -0.2) is 54.8 Å². The number of carbonyl (C=O) groups excluding carboxylic acids is 2. The minimum Gasteiger partial charge on any atom is -0.444 e. The smallest absolute Gasteiger partial charge is 0.407 e. The number of hydrogen-bond donors (Lipinski definition) is 1. The summed E-state index contributed by atoms with van der Waals surface area (Å²) in [5.74, 6) is 0.137. The summed E-state index contributed by atoms with van der Waals surface area (Å²) in [6.07, 6.45) is 2.64. The predicted molar refractivity (Wildman–Crippen MR) is 135 cm³/mol. The van der Waals surface area contributed by atoms with Gasteiger partial charge in [-0.05, 0) is 57.7 Å². The van der Waals surface area contributed by atoms with Crippen LogP contribution < -0.4 is 15.1 Å². The predicted octanol–water partition coefficient (Wildman–Crippen LogP) is 4.38. The van der Waals surface area contributed by atoms with E-state index in [9.17, 15) is 9.59 Å². The van der Waals surface area contributed by atoms with Gasteiger partial charge in [0.1, 0.15) is 11.8 Å². The van der Waals surface area contributed by atoms with E-state index in [0.717, 1.165) is 37.3 Å². The molecule has 1 N–H and O–H groups in total. The van der Waals surface area contributed by atoms with Crippen LogP contribution in [0.25, 0.3) is 0 Å². The van der Waals surface area contributed by atoms with Gasteiger partial charge in [-0.2, -0.15) is 0 Å². The van der Waals surface area contributed by atoms with Gasteiger partial charge in [-0.1, -0.05) is 42.5 Å². The fourth-order valence-corrected chi connectivity index (χ4v) is 4.70. The van der Waals surface area contributed by atoms with Crippen molar-refractivity contribution in [2.45, 2.75) is 58.3 Å². The van der Waals surface area contributed by atoms with Crippen LogP contribution in [0, 0.1) is 0 Å². The van der Waals surface area contributed by atoms with Gasteiger partial charge in [0, 0.05) is 19.6 Å².